The van der Waals surface area contributed by atoms with Crippen LogP contribution in [0.15, 0.2) is 41.5 Å². The van der Waals surface area contributed by atoms with E-state index in [0.717, 1.165) is 17.8 Å². The molecule has 0 aliphatic rings. The molecule has 2 rings (SSSR count). The highest BCUT2D eigenvalue weighted by Gasteiger charge is 2.30. The molecule has 0 spiro atoms. The van der Waals surface area contributed by atoms with E-state index in [0.29, 0.717) is 24.6 Å². The summed E-state index contributed by atoms with van der Waals surface area (Å²) in [6.07, 6.45) is -2.65. The number of guanidine groups is 1. The van der Waals surface area contributed by atoms with Crippen molar-refractivity contribution in [2.45, 2.75) is 26.2 Å². The van der Waals surface area contributed by atoms with Gasteiger partial charge in [-0.3, -0.25) is 4.68 Å². The number of benzene rings is 1. The third-order valence-corrected chi connectivity index (χ3v) is 3.38. The van der Waals surface area contributed by atoms with Crippen molar-refractivity contribution in [2.24, 2.45) is 12.0 Å². The summed E-state index contributed by atoms with van der Waals surface area (Å²) in [6.45, 7) is 3.25. The number of aryl methyl sites for hydroxylation is 1. The number of hydrogen-bond acceptors (Lipinski definition) is 2. The highest BCUT2D eigenvalue weighted by atomic mass is 19.4. The van der Waals surface area contributed by atoms with E-state index in [1.165, 1.54) is 6.07 Å². The van der Waals surface area contributed by atoms with Crippen molar-refractivity contribution >= 4 is 5.96 Å². The Balaban J connectivity index is 2.04. The van der Waals surface area contributed by atoms with Crippen LogP contribution in [0.25, 0.3) is 0 Å². The lowest BCUT2D eigenvalue weighted by Gasteiger charge is -2.12. The lowest BCUT2D eigenvalue weighted by atomic mass is 10.1. The van der Waals surface area contributed by atoms with Crippen LogP contribution in [0.3, 0.4) is 0 Å². The van der Waals surface area contributed by atoms with Crippen LogP contribution in [0, 0.1) is 0 Å². The minimum Gasteiger partial charge on any atom is -0.357 e. The summed E-state index contributed by atoms with van der Waals surface area (Å²) in [4.78, 5) is 4.33. The molecule has 0 fully saturated rings. The molecule has 0 saturated heterocycles. The second-order valence-corrected chi connectivity index (χ2v) is 5.19. The average Bonchev–Trinajstić information content (AvgIpc) is 2.95. The van der Waals surface area contributed by atoms with Gasteiger partial charge in [0.05, 0.1) is 24.3 Å². The molecule has 0 bridgehead atoms. The van der Waals surface area contributed by atoms with Gasteiger partial charge in [-0.25, -0.2) is 4.99 Å². The van der Waals surface area contributed by atoms with E-state index in [1.807, 2.05) is 20.0 Å². The monoisotopic (exact) mass is 339 g/mol. The first-order chi connectivity index (χ1) is 11.4. The number of rotatable bonds is 5. The van der Waals surface area contributed by atoms with Crippen LogP contribution in [0.4, 0.5) is 13.2 Å². The Bertz CT molecular complexity index is 691. The normalized spacial score (nSPS) is 12.3. The van der Waals surface area contributed by atoms with E-state index >= 15 is 0 Å². The molecular weight excluding hydrogens is 319 g/mol. The molecular formula is C16H20F3N5. The zero-order valence-electron chi connectivity index (χ0n) is 13.6. The molecule has 0 unspecified atom stereocenters. The van der Waals surface area contributed by atoms with Crippen molar-refractivity contribution < 1.29 is 13.2 Å². The summed E-state index contributed by atoms with van der Waals surface area (Å²) >= 11 is 0. The quantitative estimate of drug-likeness (QED) is 0.650. The molecule has 1 heterocycles. The summed E-state index contributed by atoms with van der Waals surface area (Å²) in [6, 6.07) is 7.07. The van der Waals surface area contributed by atoms with Crippen LogP contribution in [0.2, 0.25) is 0 Å². The van der Waals surface area contributed by atoms with E-state index < -0.39 is 11.7 Å². The van der Waals surface area contributed by atoms with Crippen LogP contribution in [0.1, 0.15) is 23.7 Å². The zero-order valence-corrected chi connectivity index (χ0v) is 13.6. The van der Waals surface area contributed by atoms with Gasteiger partial charge in [-0.1, -0.05) is 12.1 Å². The standard InChI is InChI=1S/C16H20F3N5/c1-3-20-15(22-11-14-7-8-23-24(14)2)21-10-12-5-4-6-13(9-12)16(17,18)19/h4-9H,3,10-11H2,1-2H3,(H2,20,21,22). The molecule has 8 heteroatoms. The number of nitrogens with zero attached hydrogens (tertiary/aromatic N) is 3. The van der Waals surface area contributed by atoms with E-state index in [1.54, 1.807) is 16.9 Å². The van der Waals surface area contributed by atoms with Crippen LogP contribution in [-0.4, -0.2) is 22.3 Å². The number of nitrogens with one attached hydrogen (secondary N) is 2. The molecule has 0 saturated carbocycles. The van der Waals surface area contributed by atoms with Gasteiger partial charge < -0.3 is 10.6 Å². The van der Waals surface area contributed by atoms with E-state index in [4.69, 9.17) is 0 Å². The van der Waals surface area contributed by atoms with Crippen molar-refractivity contribution in [1.82, 2.24) is 20.4 Å². The average molecular weight is 339 g/mol. The molecule has 2 aromatic rings. The van der Waals surface area contributed by atoms with Gasteiger partial charge >= 0.3 is 6.18 Å². The van der Waals surface area contributed by atoms with Crippen LogP contribution >= 0.6 is 0 Å². The first kappa shape index (κ1) is 17.8. The maximum Gasteiger partial charge on any atom is 0.416 e. The minimum absolute atomic E-state index is 0.157. The molecule has 1 aromatic heterocycles. The van der Waals surface area contributed by atoms with Crippen molar-refractivity contribution in [1.29, 1.82) is 0 Å². The molecule has 0 radical (unpaired) electrons. The topological polar surface area (TPSA) is 54.2 Å². The fourth-order valence-corrected chi connectivity index (χ4v) is 2.11. The van der Waals surface area contributed by atoms with Crippen molar-refractivity contribution in [3.63, 3.8) is 0 Å². The summed E-state index contributed by atoms with van der Waals surface area (Å²) in [7, 11) is 1.84. The summed E-state index contributed by atoms with van der Waals surface area (Å²) in [5.41, 5.74) is 0.810. The van der Waals surface area contributed by atoms with Gasteiger partial charge in [0.25, 0.3) is 0 Å². The van der Waals surface area contributed by atoms with Gasteiger partial charge in [-0.15, -0.1) is 0 Å². The van der Waals surface area contributed by atoms with E-state index in [9.17, 15) is 13.2 Å². The SMILES string of the molecule is CCNC(=NCc1cccc(C(F)(F)F)c1)NCc1ccnn1C. The predicted octanol–water partition coefficient (Wildman–Crippen LogP) is 2.69. The van der Waals surface area contributed by atoms with Crippen molar-refractivity contribution in [2.75, 3.05) is 6.54 Å². The summed E-state index contributed by atoms with van der Waals surface area (Å²) in [5.74, 6) is 0.538. The van der Waals surface area contributed by atoms with Gasteiger partial charge in [-0.2, -0.15) is 18.3 Å². The van der Waals surface area contributed by atoms with Gasteiger partial charge in [0.2, 0.25) is 0 Å². The van der Waals surface area contributed by atoms with Crippen LogP contribution in [0.5, 0.6) is 0 Å². The first-order valence-corrected chi connectivity index (χ1v) is 7.55. The lowest BCUT2D eigenvalue weighted by Crippen LogP contribution is -2.37. The lowest BCUT2D eigenvalue weighted by molar-refractivity contribution is -0.137. The third kappa shape index (κ3) is 5.00. The Labute approximate surface area is 138 Å². The minimum atomic E-state index is -4.35. The van der Waals surface area contributed by atoms with Gasteiger partial charge in [0, 0.05) is 19.8 Å². The first-order valence-electron chi connectivity index (χ1n) is 7.55. The highest BCUT2D eigenvalue weighted by molar-refractivity contribution is 5.79. The molecule has 5 nitrogen and oxygen atoms in total. The number of hydrogen-bond donors (Lipinski definition) is 2. The fraction of sp³-hybridized carbons (Fsp3) is 0.375. The number of alkyl halides is 3. The molecule has 0 aliphatic heterocycles. The maximum atomic E-state index is 12.7. The molecule has 0 amide bonds. The Kier molecular flexibility index (Phi) is 5.83. The smallest absolute Gasteiger partial charge is 0.357 e. The molecule has 1 aromatic carbocycles. The van der Waals surface area contributed by atoms with Gasteiger partial charge in [0.1, 0.15) is 0 Å². The molecule has 2 N–H and O–H groups in total. The molecule has 130 valence electrons. The number of halogens is 3. The second kappa shape index (κ2) is 7.85. The summed E-state index contributed by atoms with van der Waals surface area (Å²) in [5, 5.41) is 10.3. The van der Waals surface area contributed by atoms with Gasteiger partial charge in [-0.05, 0) is 30.7 Å². The highest BCUT2D eigenvalue weighted by Crippen LogP contribution is 2.29. The zero-order chi connectivity index (χ0) is 17.6. The van der Waals surface area contributed by atoms with E-state index in [-0.39, 0.29) is 6.54 Å². The molecule has 24 heavy (non-hydrogen) atoms. The van der Waals surface area contributed by atoms with Crippen LogP contribution < -0.4 is 10.6 Å². The van der Waals surface area contributed by atoms with Gasteiger partial charge in [0.15, 0.2) is 5.96 Å². The Hall–Kier alpha value is -2.51. The van der Waals surface area contributed by atoms with Crippen molar-refractivity contribution in [3.8, 4) is 0 Å². The Morgan fingerprint density at radius 1 is 1.25 bits per heavy atom. The number of aromatic nitrogens is 2. The summed E-state index contributed by atoms with van der Waals surface area (Å²) < 4.78 is 39.9. The molecule has 0 aliphatic carbocycles. The Morgan fingerprint density at radius 3 is 2.67 bits per heavy atom. The second-order valence-electron chi connectivity index (χ2n) is 5.19. The molecule has 0 atom stereocenters. The van der Waals surface area contributed by atoms with Crippen molar-refractivity contribution in [3.05, 3.63) is 53.3 Å². The van der Waals surface area contributed by atoms with E-state index in [2.05, 4.69) is 20.7 Å². The Morgan fingerprint density at radius 2 is 2.04 bits per heavy atom. The largest absolute Gasteiger partial charge is 0.416 e. The number of aliphatic imine (C=N–C) groups is 1. The predicted molar refractivity (Wildman–Crippen MR) is 86.3 cm³/mol. The van der Waals surface area contributed by atoms with Crippen LogP contribution in [-0.2, 0) is 26.3 Å². The maximum absolute atomic E-state index is 12.7. The third-order valence-electron chi connectivity index (χ3n) is 3.38. The fourth-order valence-electron chi connectivity index (χ4n) is 2.11.